The highest BCUT2D eigenvalue weighted by molar-refractivity contribution is 6.05. The van der Waals surface area contributed by atoms with Crippen molar-refractivity contribution in [1.29, 1.82) is 0 Å². The van der Waals surface area contributed by atoms with E-state index in [2.05, 4.69) is 25.8 Å². The van der Waals surface area contributed by atoms with Crippen LogP contribution in [-0.4, -0.2) is 87.2 Å². The summed E-state index contributed by atoms with van der Waals surface area (Å²) in [6.07, 6.45) is 4.00. The number of aryl methyl sites for hydroxylation is 1. The van der Waals surface area contributed by atoms with Gasteiger partial charge in [0, 0.05) is 57.0 Å². The van der Waals surface area contributed by atoms with Crippen LogP contribution in [-0.2, 0) is 33.5 Å². The average Bonchev–Trinajstić information content (AvgIpc) is 3.39. The second-order valence-corrected chi connectivity index (χ2v) is 17.5. The monoisotopic (exact) mass is 834 g/mol. The number of nitrogens with one attached hydrogen (secondary N) is 2. The SMILES string of the molecule is CC(=O)O[C@@]12C[C@@H](C)[C@@]3(O)[C@@H](C=C(CO)C[C@]4(O)C(=O)C(C)=C[C@@H]34)[C@@H]1C2(C)C.Cc1nnc(C(=O)NC(C)(C)c2nc(C(=O)NCc3ccc(F)cc3)c(O)c(=O)n2C)o1. The summed E-state index contributed by atoms with van der Waals surface area (Å²) in [7, 11) is 1.34. The third-order valence-electron chi connectivity index (χ3n) is 12.8. The molecule has 2 fully saturated rings. The Hall–Kier alpha value is -5.59. The molecule has 0 aliphatic heterocycles. The molecule has 0 saturated heterocycles. The van der Waals surface area contributed by atoms with E-state index < -0.39 is 68.8 Å². The molecule has 322 valence electrons. The fraction of sp³-hybridized carbons (Fsp3) is 0.524. The van der Waals surface area contributed by atoms with Gasteiger partial charge < -0.3 is 40.2 Å². The van der Waals surface area contributed by atoms with E-state index in [0.717, 1.165) is 4.57 Å². The molecule has 0 radical (unpaired) electrons. The van der Waals surface area contributed by atoms with E-state index in [9.17, 15) is 48.8 Å². The van der Waals surface area contributed by atoms with Gasteiger partial charge in [-0.05, 0) is 62.0 Å². The number of aliphatic hydroxyl groups excluding tert-OH is 1. The van der Waals surface area contributed by atoms with Gasteiger partial charge in [0.2, 0.25) is 11.6 Å². The molecule has 2 aromatic heterocycles. The third kappa shape index (κ3) is 7.13. The van der Waals surface area contributed by atoms with Crippen molar-refractivity contribution < 1.29 is 53.1 Å². The second-order valence-electron chi connectivity index (χ2n) is 17.5. The maximum Gasteiger partial charge on any atom is 0.309 e. The number of rotatable bonds is 8. The van der Waals surface area contributed by atoms with E-state index in [1.54, 1.807) is 26.8 Å². The topological polar surface area (TPSA) is 256 Å². The maximum atomic E-state index is 13.0. The summed E-state index contributed by atoms with van der Waals surface area (Å²) in [5.74, 6) is -5.30. The Balaban J connectivity index is 0.000000203. The fourth-order valence-electron chi connectivity index (χ4n) is 9.81. The minimum absolute atomic E-state index is 0.0000834. The predicted octanol–water partition coefficient (Wildman–Crippen LogP) is 2.44. The smallest absolute Gasteiger partial charge is 0.309 e. The molecule has 1 aromatic carbocycles. The van der Waals surface area contributed by atoms with Gasteiger partial charge in [-0.25, -0.2) is 9.37 Å². The average molecular weight is 835 g/mol. The van der Waals surface area contributed by atoms with Crippen molar-refractivity contribution in [3.8, 4) is 5.75 Å². The van der Waals surface area contributed by atoms with E-state index in [1.165, 1.54) is 45.2 Å². The first-order valence-electron chi connectivity index (χ1n) is 19.5. The Labute approximate surface area is 344 Å². The van der Waals surface area contributed by atoms with Crippen molar-refractivity contribution in [2.45, 2.75) is 97.1 Å². The van der Waals surface area contributed by atoms with Crippen molar-refractivity contribution in [3.05, 3.63) is 92.6 Å². The van der Waals surface area contributed by atoms with Gasteiger partial charge in [0.05, 0.1) is 17.7 Å². The molecule has 2 saturated carbocycles. The first kappa shape index (κ1) is 44.0. The number of amides is 2. The van der Waals surface area contributed by atoms with Crippen molar-refractivity contribution in [3.63, 3.8) is 0 Å². The molecule has 4 aliphatic rings. The van der Waals surface area contributed by atoms with Crippen LogP contribution in [0.15, 0.2) is 56.8 Å². The number of Topliss-reactive ketones (excluding diaryl/α,β-unsaturated/α-hetero) is 1. The van der Waals surface area contributed by atoms with Crippen LogP contribution in [0.2, 0.25) is 0 Å². The number of nitrogens with zero attached hydrogens (tertiary/aromatic N) is 4. The van der Waals surface area contributed by atoms with Crippen LogP contribution < -0.4 is 16.2 Å². The maximum absolute atomic E-state index is 13.0. The first-order chi connectivity index (χ1) is 27.8. The van der Waals surface area contributed by atoms with Gasteiger partial charge in [-0.1, -0.05) is 45.1 Å². The normalized spacial score (nSPS) is 28.6. The lowest BCUT2D eigenvalue weighted by atomic mass is 9.60. The molecule has 18 heteroatoms. The molecule has 3 aromatic rings. The molecule has 17 nitrogen and oxygen atoms in total. The summed E-state index contributed by atoms with van der Waals surface area (Å²) in [5, 5.41) is 55.9. The van der Waals surface area contributed by atoms with Crippen LogP contribution in [0, 0.1) is 41.8 Å². The van der Waals surface area contributed by atoms with E-state index in [4.69, 9.17) is 9.15 Å². The lowest BCUT2D eigenvalue weighted by molar-refractivity contribution is -0.186. The number of carbonyl (C=O) groups is 4. The summed E-state index contributed by atoms with van der Waals surface area (Å²) in [6.45, 7) is 13.4. The van der Waals surface area contributed by atoms with Crippen molar-refractivity contribution in [2.24, 2.45) is 36.1 Å². The standard InChI is InChI=1S/C22H30O6.C20H21FN6O5/c1-11-6-16-20(26,18(11)25)9-14(10-23)7-15-17-19(4,5)21(17,28-13(3)24)8-12(2)22(15,16)27;1-10-25-26-17(32-10)16(30)24-20(2,3)19-23-13(14(28)18(31)27(19)4)15(29)22-9-11-5-7-12(21)8-6-11/h6-7,12,15-17,23,26-27H,8-10H2,1-5H3;5-8,28H,9H2,1-4H3,(H,22,29)(H,24,30)/t12-,15+,16-,17-,20-,21+,22-;/m1./s1. The molecule has 0 bridgehead atoms. The number of aromatic nitrogens is 4. The summed E-state index contributed by atoms with van der Waals surface area (Å²) >= 11 is 0. The van der Waals surface area contributed by atoms with Crippen LogP contribution >= 0.6 is 0 Å². The molecule has 4 aliphatic carbocycles. The number of hydrogen-bond donors (Lipinski definition) is 6. The van der Waals surface area contributed by atoms with Crippen molar-refractivity contribution in [2.75, 3.05) is 6.61 Å². The molecular formula is C42H51FN6O11. The Bertz CT molecular complexity index is 2390. The molecule has 6 N–H and O–H groups in total. The second kappa shape index (κ2) is 15.1. The van der Waals surface area contributed by atoms with Gasteiger partial charge in [0.25, 0.3) is 11.5 Å². The summed E-state index contributed by atoms with van der Waals surface area (Å²) in [5.41, 5.74) is -5.24. The van der Waals surface area contributed by atoms with Crippen LogP contribution in [0.1, 0.15) is 99.8 Å². The van der Waals surface area contributed by atoms with Crippen molar-refractivity contribution in [1.82, 2.24) is 30.4 Å². The van der Waals surface area contributed by atoms with E-state index >= 15 is 0 Å². The Morgan fingerprint density at radius 3 is 2.30 bits per heavy atom. The number of halogens is 1. The first-order valence-corrected chi connectivity index (χ1v) is 19.5. The quantitative estimate of drug-likeness (QED) is 0.141. The van der Waals surface area contributed by atoms with Crippen LogP contribution in [0.3, 0.4) is 0 Å². The van der Waals surface area contributed by atoms with Crippen LogP contribution in [0.25, 0.3) is 0 Å². The van der Waals surface area contributed by atoms with Gasteiger partial charge in [0.15, 0.2) is 11.5 Å². The number of ether oxygens (including phenoxy) is 1. The molecular weight excluding hydrogens is 783 g/mol. The minimum atomic E-state index is -1.75. The molecule has 0 unspecified atom stereocenters. The molecule has 7 rings (SSSR count). The zero-order valence-electron chi connectivity index (χ0n) is 34.9. The third-order valence-corrected chi connectivity index (χ3v) is 12.8. The number of aliphatic hydroxyl groups is 3. The number of aromatic hydroxyl groups is 1. The van der Waals surface area contributed by atoms with Gasteiger partial charge in [0.1, 0.15) is 22.8 Å². The zero-order chi connectivity index (χ0) is 44.5. The van der Waals surface area contributed by atoms with Gasteiger partial charge in [-0.15, -0.1) is 10.2 Å². The Morgan fingerprint density at radius 1 is 1.07 bits per heavy atom. The minimum Gasteiger partial charge on any atom is -0.501 e. The van der Waals surface area contributed by atoms with Crippen LogP contribution in [0.4, 0.5) is 4.39 Å². The lowest BCUT2D eigenvalue weighted by Gasteiger charge is -2.50. The summed E-state index contributed by atoms with van der Waals surface area (Å²) < 4.78 is 25.0. The predicted molar refractivity (Wildman–Crippen MR) is 209 cm³/mol. The number of carbonyl (C=O) groups excluding carboxylic acids is 4. The fourth-order valence-corrected chi connectivity index (χ4v) is 9.81. The molecule has 7 atom stereocenters. The van der Waals surface area contributed by atoms with E-state index in [0.29, 0.717) is 23.1 Å². The molecule has 2 amide bonds. The highest BCUT2D eigenvalue weighted by Gasteiger charge is 2.83. The van der Waals surface area contributed by atoms with Crippen LogP contribution in [0.5, 0.6) is 5.75 Å². The van der Waals surface area contributed by atoms with E-state index in [-0.39, 0.29) is 66.2 Å². The lowest BCUT2D eigenvalue weighted by Crippen LogP contribution is -2.61. The number of fused-ring (bicyclic) bond motifs is 5. The Kier molecular flexibility index (Phi) is 11.1. The van der Waals surface area contributed by atoms with Gasteiger partial charge in [-0.3, -0.25) is 28.5 Å². The molecule has 2 heterocycles. The van der Waals surface area contributed by atoms with E-state index in [1.807, 2.05) is 26.8 Å². The summed E-state index contributed by atoms with van der Waals surface area (Å²) in [4.78, 5) is 66.4. The number of ketones is 1. The number of esters is 1. The number of benzene rings is 1. The highest BCUT2D eigenvalue weighted by atomic mass is 19.1. The van der Waals surface area contributed by atoms with Gasteiger partial charge in [-0.2, -0.15) is 0 Å². The number of hydrogen-bond acceptors (Lipinski definition) is 14. The Morgan fingerprint density at radius 2 is 1.72 bits per heavy atom. The summed E-state index contributed by atoms with van der Waals surface area (Å²) in [6, 6.07) is 5.44. The zero-order valence-corrected chi connectivity index (χ0v) is 34.9. The van der Waals surface area contributed by atoms with Crippen molar-refractivity contribution >= 4 is 23.6 Å². The molecule has 0 spiro atoms. The molecule has 60 heavy (non-hydrogen) atoms. The largest absolute Gasteiger partial charge is 0.501 e. The van der Waals surface area contributed by atoms with Gasteiger partial charge >= 0.3 is 17.8 Å². The highest BCUT2D eigenvalue weighted by Crippen LogP contribution is 2.76.